The smallest absolute Gasteiger partial charge is 0.191 e. The van der Waals surface area contributed by atoms with E-state index in [1.807, 2.05) is 0 Å². The minimum absolute atomic E-state index is 0. The number of hydrogen-bond donors (Lipinski definition) is 3. The summed E-state index contributed by atoms with van der Waals surface area (Å²) in [4.78, 5) is 4.54. The SMILES string of the molecule is CCCCOCCOCCN=C(NCC)NC1CCC(O)CC1.I. The third-order valence-electron chi connectivity index (χ3n) is 3.90. The fourth-order valence-corrected chi connectivity index (χ4v) is 2.52. The van der Waals surface area contributed by atoms with E-state index in [4.69, 9.17) is 9.47 Å². The molecule has 0 aromatic heterocycles. The number of unbranched alkanes of at least 4 members (excludes halogenated alkanes) is 1. The van der Waals surface area contributed by atoms with Crippen molar-refractivity contribution in [3.8, 4) is 0 Å². The van der Waals surface area contributed by atoms with Crippen LogP contribution in [0.15, 0.2) is 4.99 Å². The molecule has 144 valence electrons. The summed E-state index contributed by atoms with van der Waals surface area (Å²) in [5, 5.41) is 16.3. The van der Waals surface area contributed by atoms with Gasteiger partial charge in [-0.25, -0.2) is 0 Å². The van der Waals surface area contributed by atoms with E-state index in [1.54, 1.807) is 0 Å². The zero-order valence-electron chi connectivity index (χ0n) is 15.3. The fourth-order valence-electron chi connectivity index (χ4n) is 2.52. The molecule has 0 saturated heterocycles. The molecule has 0 amide bonds. The molecule has 1 aliphatic rings. The number of aliphatic imine (C=N–C) groups is 1. The first-order valence-electron chi connectivity index (χ1n) is 9.14. The average molecular weight is 457 g/mol. The van der Waals surface area contributed by atoms with E-state index < -0.39 is 0 Å². The summed E-state index contributed by atoms with van der Waals surface area (Å²) in [7, 11) is 0. The van der Waals surface area contributed by atoms with Gasteiger partial charge in [-0.3, -0.25) is 4.99 Å². The number of hydrogen-bond acceptors (Lipinski definition) is 4. The minimum Gasteiger partial charge on any atom is -0.393 e. The quantitative estimate of drug-likeness (QED) is 0.192. The van der Waals surface area contributed by atoms with Crippen LogP contribution in [0.1, 0.15) is 52.4 Å². The van der Waals surface area contributed by atoms with Crippen LogP contribution in [0.5, 0.6) is 0 Å². The second-order valence-electron chi connectivity index (χ2n) is 5.99. The van der Waals surface area contributed by atoms with Crippen LogP contribution in [-0.2, 0) is 9.47 Å². The van der Waals surface area contributed by atoms with Gasteiger partial charge < -0.3 is 25.2 Å². The zero-order chi connectivity index (χ0) is 16.8. The highest BCUT2D eigenvalue weighted by Crippen LogP contribution is 2.18. The van der Waals surface area contributed by atoms with Gasteiger partial charge in [0, 0.05) is 19.2 Å². The van der Waals surface area contributed by atoms with E-state index in [1.165, 1.54) is 0 Å². The van der Waals surface area contributed by atoms with Gasteiger partial charge in [0.1, 0.15) is 0 Å². The molecule has 1 saturated carbocycles. The molecule has 0 atom stereocenters. The molecule has 1 fully saturated rings. The minimum atomic E-state index is -0.125. The Labute approximate surface area is 164 Å². The van der Waals surface area contributed by atoms with E-state index in [2.05, 4.69) is 29.5 Å². The van der Waals surface area contributed by atoms with Gasteiger partial charge in [-0.05, 0) is 39.0 Å². The first-order chi connectivity index (χ1) is 11.3. The Morgan fingerprint density at radius 2 is 1.71 bits per heavy atom. The molecule has 6 nitrogen and oxygen atoms in total. The van der Waals surface area contributed by atoms with Gasteiger partial charge >= 0.3 is 0 Å². The summed E-state index contributed by atoms with van der Waals surface area (Å²) in [6.45, 7) is 8.41. The number of ether oxygens (including phenoxy) is 2. The molecule has 0 aliphatic heterocycles. The molecule has 0 radical (unpaired) electrons. The van der Waals surface area contributed by atoms with Crippen molar-refractivity contribution in [2.45, 2.75) is 64.5 Å². The molecule has 0 unspecified atom stereocenters. The maximum atomic E-state index is 9.56. The molecule has 0 aromatic carbocycles. The van der Waals surface area contributed by atoms with Crippen molar-refractivity contribution in [3.05, 3.63) is 0 Å². The van der Waals surface area contributed by atoms with Crippen molar-refractivity contribution in [1.29, 1.82) is 0 Å². The topological polar surface area (TPSA) is 75.1 Å². The Bertz CT molecular complexity index is 311. The van der Waals surface area contributed by atoms with Crippen molar-refractivity contribution in [1.82, 2.24) is 10.6 Å². The molecular formula is C17H36IN3O3. The van der Waals surface area contributed by atoms with E-state index in [-0.39, 0.29) is 30.1 Å². The van der Waals surface area contributed by atoms with Crippen LogP contribution in [-0.4, -0.2) is 62.7 Å². The van der Waals surface area contributed by atoms with Crippen molar-refractivity contribution < 1.29 is 14.6 Å². The third-order valence-corrected chi connectivity index (χ3v) is 3.90. The molecule has 0 heterocycles. The van der Waals surface area contributed by atoms with Crippen LogP contribution in [0.4, 0.5) is 0 Å². The van der Waals surface area contributed by atoms with E-state index in [0.29, 0.717) is 32.4 Å². The molecular weight excluding hydrogens is 421 g/mol. The summed E-state index contributed by atoms with van der Waals surface area (Å²) in [5.41, 5.74) is 0. The number of aliphatic hydroxyl groups excluding tert-OH is 1. The van der Waals surface area contributed by atoms with Crippen molar-refractivity contribution in [2.24, 2.45) is 4.99 Å². The molecule has 1 rings (SSSR count). The molecule has 0 bridgehead atoms. The zero-order valence-corrected chi connectivity index (χ0v) is 17.6. The van der Waals surface area contributed by atoms with Gasteiger partial charge in [0.05, 0.1) is 32.5 Å². The van der Waals surface area contributed by atoms with Crippen molar-refractivity contribution >= 4 is 29.9 Å². The van der Waals surface area contributed by atoms with Gasteiger partial charge in [-0.1, -0.05) is 13.3 Å². The molecule has 0 spiro atoms. The summed E-state index contributed by atoms with van der Waals surface area (Å²) >= 11 is 0. The van der Waals surface area contributed by atoms with Gasteiger partial charge in [0.15, 0.2) is 5.96 Å². The maximum absolute atomic E-state index is 9.56. The van der Waals surface area contributed by atoms with Crippen LogP contribution < -0.4 is 10.6 Å². The number of guanidine groups is 1. The number of aliphatic hydroxyl groups is 1. The van der Waals surface area contributed by atoms with Crippen molar-refractivity contribution in [2.75, 3.05) is 39.5 Å². The first kappa shape index (κ1) is 23.9. The highest BCUT2D eigenvalue weighted by molar-refractivity contribution is 14.0. The van der Waals surface area contributed by atoms with Crippen LogP contribution in [0, 0.1) is 0 Å². The monoisotopic (exact) mass is 457 g/mol. The maximum Gasteiger partial charge on any atom is 0.191 e. The largest absolute Gasteiger partial charge is 0.393 e. The van der Waals surface area contributed by atoms with Crippen LogP contribution >= 0.6 is 24.0 Å². The van der Waals surface area contributed by atoms with Crippen LogP contribution in [0.2, 0.25) is 0 Å². The lowest BCUT2D eigenvalue weighted by Gasteiger charge is -2.27. The average Bonchev–Trinajstić information content (AvgIpc) is 2.55. The molecule has 1 aliphatic carbocycles. The number of halogens is 1. The summed E-state index contributed by atoms with van der Waals surface area (Å²) < 4.78 is 11.0. The summed E-state index contributed by atoms with van der Waals surface area (Å²) in [6.07, 6.45) is 5.89. The number of nitrogens with zero attached hydrogens (tertiary/aromatic N) is 1. The Morgan fingerprint density at radius 1 is 1.04 bits per heavy atom. The van der Waals surface area contributed by atoms with E-state index in [9.17, 15) is 5.11 Å². The lowest BCUT2D eigenvalue weighted by atomic mass is 9.93. The summed E-state index contributed by atoms with van der Waals surface area (Å²) in [5.74, 6) is 0.844. The highest BCUT2D eigenvalue weighted by Gasteiger charge is 2.19. The van der Waals surface area contributed by atoms with Crippen LogP contribution in [0.3, 0.4) is 0 Å². The number of nitrogens with one attached hydrogen (secondary N) is 2. The Kier molecular flexibility index (Phi) is 16.3. The molecule has 24 heavy (non-hydrogen) atoms. The standard InChI is InChI=1S/C17H35N3O3.HI/c1-3-5-11-22-13-14-23-12-10-19-17(18-4-2)20-15-6-8-16(21)9-7-15;/h15-16,21H,3-14H2,1-2H3,(H2,18,19,20);1H. The van der Waals surface area contributed by atoms with Crippen LogP contribution in [0.25, 0.3) is 0 Å². The second kappa shape index (κ2) is 16.4. The normalized spacial score (nSPS) is 21.2. The second-order valence-corrected chi connectivity index (χ2v) is 5.99. The number of rotatable bonds is 11. The lowest BCUT2D eigenvalue weighted by molar-refractivity contribution is 0.0497. The van der Waals surface area contributed by atoms with Gasteiger partial charge in [-0.2, -0.15) is 0 Å². The van der Waals surface area contributed by atoms with E-state index in [0.717, 1.165) is 57.6 Å². The van der Waals surface area contributed by atoms with Gasteiger partial charge in [0.25, 0.3) is 0 Å². The molecule has 3 N–H and O–H groups in total. The van der Waals surface area contributed by atoms with Gasteiger partial charge in [-0.15, -0.1) is 24.0 Å². The first-order valence-corrected chi connectivity index (χ1v) is 9.14. The Morgan fingerprint density at radius 3 is 2.33 bits per heavy atom. The third kappa shape index (κ3) is 12.3. The summed E-state index contributed by atoms with van der Waals surface area (Å²) in [6, 6.07) is 0.407. The van der Waals surface area contributed by atoms with E-state index >= 15 is 0 Å². The van der Waals surface area contributed by atoms with Crippen molar-refractivity contribution in [3.63, 3.8) is 0 Å². The highest BCUT2D eigenvalue weighted by atomic mass is 127. The Hall–Kier alpha value is -0.120. The molecule has 0 aromatic rings. The lowest BCUT2D eigenvalue weighted by Crippen LogP contribution is -2.45. The molecule has 7 heteroatoms. The van der Waals surface area contributed by atoms with Gasteiger partial charge in [0.2, 0.25) is 0 Å². The Balaban J connectivity index is 0.00000529. The fraction of sp³-hybridized carbons (Fsp3) is 0.941. The predicted octanol–water partition coefficient (Wildman–Crippen LogP) is 2.30. The predicted molar refractivity (Wildman–Crippen MR) is 109 cm³/mol.